The fourth-order valence-electron chi connectivity index (χ4n) is 4.71. The number of aliphatic carboxylic acids is 1. The van der Waals surface area contributed by atoms with E-state index in [4.69, 9.17) is 19.3 Å². The van der Waals surface area contributed by atoms with Crippen LogP contribution >= 0.6 is 0 Å². The molecule has 0 aromatic carbocycles. The van der Waals surface area contributed by atoms with Crippen molar-refractivity contribution in [1.82, 2.24) is 40.2 Å². The van der Waals surface area contributed by atoms with Crippen LogP contribution in [0.4, 0.5) is 30.6 Å². The lowest BCUT2D eigenvalue weighted by molar-refractivity contribution is -0.192. The third kappa shape index (κ3) is 7.63. The minimum absolute atomic E-state index is 0.344. The number of aromatic nitrogens is 6. The zero-order valence-corrected chi connectivity index (χ0v) is 21.6. The highest BCUT2D eigenvalue weighted by molar-refractivity contribution is 5.73. The molecule has 16 heteroatoms. The molecule has 1 saturated heterocycles. The molecule has 3 aromatic heterocycles. The van der Waals surface area contributed by atoms with E-state index < -0.39 is 12.1 Å². The van der Waals surface area contributed by atoms with E-state index in [9.17, 15) is 13.2 Å². The first-order valence-corrected chi connectivity index (χ1v) is 12.5. The van der Waals surface area contributed by atoms with Gasteiger partial charge in [-0.2, -0.15) is 23.3 Å². The Kier molecular flexibility index (Phi) is 8.96. The van der Waals surface area contributed by atoms with Crippen LogP contribution in [0.5, 0.6) is 0 Å². The molecule has 0 atom stereocenters. The van der Waals surface area contributed by atoms with E-state index in [-0.39, 0.29) is 0 Å². The number of nitrogens with one attached hydrogen (secondary N) is 3. The summed E-state index contributed by atoms with van der Waals surface area (Å²) in [6.45, 7) is 6.43. The Labute approximate surface area is 222 Å². The Balaban J connectivity index is 0.000000448. The number of rotatable bonds is 6. The van der Waals surface area contributed by atoms with E-state index >= 15 is 0 Å². The summed E-state index contributed by atoms with van der Waals surface area (Å²) in [6, 6.07) is 1.02. The molecule has 0 radical (unpaired) electrons. The highest BCUT2D eigenvalue weighted by Crippen LogP contribution is 2.32. The molecule has 5 rings (SSSR count). The molecular formula is C23H31F3N10O3. The highest BCUT2D eigenvalue weighted by Gasteiger charge is 2.38. The molecule has 13 nitrogen and oxygen atoms in total. The number of aryl methyl sites for hydroxylation is 2. The fourth-order valence-corrected chi connectivity index (χ4v) is 4.71. The van der Waals surface area contributed by atoms with Crippen molar-refractivity contribution in [3.8, 4) is 11.5 Å². The summed E-state index contributed by atoms with van der Waals surface area (Å²) >= 11 is 0. The van der Waals surface area contributed by atoms with Gasteiger partial charge in [-0.1, -0.05) is 0 Å². The molecule has 0 spiro atoms. The maximum atomic E-state index is 10.6. The Morgan fingerprint density at radius 1 is 1.18 bits per heavy atom. The summed E-state index contributed by atoms with van der Waals surface area (Å²) in [5.41, 5.74) is 2.36. The molecule has 3 aromatic rings. The maximum Gasteiger partial charge on any atom is 0.490 e. The third-order valence-electron chi connectivity index (χ3n) is 6.57. The van der Waals surface area contributed by atoms with Gasteiger partial charge < -0.3 is 25.5 Å². The van der Waals surface area contributed by atoms with Crippen molar-refractivity contribution in [3.05, 3.63) is 24.5 Å². The molecule has 0 amide bonds. The molecule has 1 aliphatic carbocycles. The number of anilines is 3. The van der Waals surface area contributed by atoms with Gasteiger partial charge in [-0.3, -0.25) is 9.58 Å². The zero-order chi connectivity index (χ0) is 28.0. The minimum Gasteiger partial charge on any atom is -0.475 e. The summed E-state index contributed by atoms with van der Waals surface area (Å²) in [5.74, 6) is -1.10. The standard InChI is InChI=1S/C21H30N10O.C2HF3O2/c1-14-18(20-29-23-13-32-20)19(28-21(25-14)27-16-11-24-30(2)12-16)26-15-3-5-17(6-4-15)31-9-7-22-8-10-31;3-2(4,5)1(6)7/h11-13,15,17,22H,3-10H2,1-2H3,(H2,25,26,27,28);(H,6,7). The number of halogens is 3. The Morgan fingerprint density at radius 3 is 2.44 bits per heavy atom. The number of nitrogens with zero attached hydrogens (tertiary/aromatic N) is 7. The molecule has 0 bridgehead atoms. The summed E-state index contributed by atoms with van der Waals surface area (Å²) in [5, 5.41) is 29.6. The summed E-state index contributed by atoms with van der Waals surface area (Å²) in [7, 11) is 1.87. The lowest BCUT2D eigenvalue weighted by Gasteiger charge is -2.39. The van der Waals surface area contributed by atoms with Crippen LogP contribution in [0, 0.1) is 6.92 Å². The molecular weight excluding hydrogens is 521 g/mol. The first kappa shape index (κ1) is 28.2. The maximum absolute atomic E-state index is 10.6. The quantitative estimate of drug-likeness (QED) is 0.355. The van der Waals surface area contributed by atoms with Gasteiger partial charge in [-0.15, -0.1) is 10.2 Å². The van der Waals surface area contributed by atoms with Gasteiger partial charge in [0.15, 0.2) is 0 Å². The van der Waals surface area contributed by atoms with Crippen molar-refractivity contribution < 1.29 is 27.5 Å². The second-order valence-electron chi connectivity index (χ2n) is 9.37. The van der Waals surface area contributed by atoms with Gasteiger partial charge in [0, 0.05) is 51.5 Å². The van der Waals surface area contributed by atoms with Gasteiger partial charge in [0.25, 0.3) is 5.89 Å². The molecule has 2 aliphatic rings. The molecule has 1 aliphatic heterocycles. The average Bonchev–Trinajstić information content (AvgIpc) is 3.57. The fraction of sp³-hybridized carbons (Fsp3) is 0.565. The van der Waals surface area contributed by atoms with Crippen LogP contribution in [0.15, 0.2) is 23.2 Å². The highest BCUT2D eigenvalue weighted by atomic mass is 19.4. The number of carboxylic acid groups (broad SMARTS) is 1. The number of carbonyl (C=O) groups is 1. The van der Waals surface area contributed by atoms with E-state index in [2.05, 4.69) is 41.1 Å². The van der Waals surface area contributed by atoms with Crippen molar-refractivity contribution in [3.63, 3.8) is 0 Å². The predicted molar refractivity (Wildman–Crippen MR) is 134 cm³/mol. The van der Waals surface area contributed by atoms with Crippen LogP contribution in [-0.4, -0.2) is 90.4 Å². The van der Waals surface area contributed by atoms with Crippen LogP contribution in [0.25, 0.3) is 11.5 Å². The largest absolute Gasteiger partial charge is 0.490 e. The summed E-state index contributed by atoms with van der Waals surface area (Å²) in [6.07, 6.45) is 4.47. The second-order valence-corrected chi connectivity index (χ2v) is 9.37. The van der Waals surface area contributed by atoms with Crippen LogP contribution in [0.1, 0.15) is 31.4 Å². The lowest BCUT2D eigenvalue weighted by atomic mass is 9.89. The van der Waals surface area contributed by atoms with Crippen LogP contribution in [-0.2, 0) is 11.8 Å². The van der Waals surface area contributed by atoms with E-state index in [1.54, 1.807) is 10.9 Å². The monoisotopic (exact) mass is 552 g/mol. The van der Waals surface area contributed by atoms with Crippen molar-refractivity contribution >= 4 is 23.4 Å². The zero-order valence-electron chi connectivity index (χ0n) is 21.6. The van der Waals surface area contributed by atoms with Crippen molar-refractivity contribution in [1.29, 1.82) is 0 Å². The van der Waals surface area contributed by atoms with Gasteiger partial charge in [-0.05, 0) is 32.6 Å². The van der Waals surface area contributed by atoms with Crippen LogP contribution in [0.2, 0.25) is 0 Å². The third-order valence-corrected chi connectivity index (χ3v) is 6.57. The Morgan fingerprint density at radius 2 is 1.87 bits per heavy atom. The number of piperazine rings is 1. The van der Waals surface area contributed by atoms with Gasteiger partial charge >= 0.3 is 12.1 Å². The number of carboxylic acids is 1. The first-order chi connectivity index (χ1) is 18.6. The van der Waals surface area contributed by atoms with E-state index in [1.165, 1.54) is 19.2 Å². The molecule has 2 fully saturated rings. The average molecular weight is 553 g/mol. The number of hydrogen-bond donors (Lipinski definition) is 4. The van der Waals surface area contributed by atoms with E-state index in [0.717, 1.165) is 61.8 Å². The molecule has 212 valence electrons. The molecule has 39 heavy (non-hydrogen) atoms. The summed E-state index contributed by atoms with van der Waals surface area (Å²) < 4.78 is 39.0. The SMILES string of the molecule is Cc1nc(Nc2cnn(C)c2)nc(NC2CCC(N3CCNCC3)CC2)c1-c1nnco1.O=C(O)C(F)(F)F. The van der Waals surface area contributed by atoms with Crippen molar-refractivity contribution in [2.45, 2.75) is 50.9 Å². The number of alkyl halides is 3. The van der Waals surface area contributed by atoms with Crippen molar-refractivity contribution in [2.24, 2.45) is 7.05 Å². The molecule has 1 saturated carbocycles. The molecule has 0 unspecified atom stereocenters. The van der Waals surface area contributed by atoms with Crippen LogP contribution in [0.3, 0.4) is 0 Å². The smallest absolute Gasteiger partial charge is 0.475 e. The minimum atomic E-state index is -5.08. The van der Waals surface area contributed by atoms with Gasteiger partial charge in [-0.25, -0.2) is 9.78 Å². The number of hydrogen-bond acceptors (Lipinski definition) is 11. The van der Waals surface area contributed by atoms with E-state index in [0.29, 0.717) is 23.9 Å². The Hall–Kier alpha value is -3.79. The second kappa shape index (κ2) is 12.4. The van der Waals surface area contributed by atoms with Crippen molar-refractivity contribution in [2.75, 3.05) is 36.8 Å². The van der Waals surface area contributed by atoms with Crippen LogP contribution < -0.4 is 16.0 Å². The molecule has 4 N–H and O–H groups in total. The lowest BCUT2D eigenvalue weighted by Crippen LogP contribution is -2.50. The van der Waals surface area contributed by atoms with E-state index in [1.807, 2.05) is 20.2 Å². The topological polar surface area (TPSA) is 159 Å². The Bertz CT molecular complexity index is 1220. The predicted octanol–water partition coefficient (Wildman–Crippen LogP) is 2.57. The normalized spacial score (nSPS) is 20.1. The molecule has 4 heterocycles. The van der Waals surface area contributed by atoms with Gasteiger partial charge in [0.05, 0.1) is 17.6 Å². The summed E-state index contributed by atoms with van der Waals surface area (Å²) in [4.78, 5) is 20.9. The van der Waals surface area contributed by atoms with Gasteiger partial charge in [0.1, 0.15) is 11.4 Å². The first-order valence-electron chi connectivity index (χ1n) is 12.5. The van der Waals surface area contributed by atoms with Gasteiger partial charge in [0.2, 0.25) is 12.3 Å².